The lowest BCUT2D eigenvalue weighted by Gasteiger charge is -2.33. The van der Waals surface area contributed by atoms with Crippen molar-refractivity contribution in [1.29, 1.82) is 0 Å². The lowest BCUT2D eigenvalue weighted by Crippen LogP contribution is -2.43. The molecule has 2 aliphatic rings. The minimum atomic E-state index is -3.67. The van der Waals surface area contributed by atoms with E-state index in [0.717, 1.165) is 65.7 Å². The van der Waals surface area contributed by atoms with Gasteiger partial charge < -0.3 is 20.9 Å². The molecule has 0 spiro atoms. The van der Waals surface area contributed by atoms with Gasteiger partial charge in [-0.2, -0.15) is 16.8 Å². The molecule has 1 saturated heterocycles. The molecule has 0 bridgehead atoms. The molecule has 1 saturated carbocycles. The van der Waals surface area contributed by atoms with Crippen molar-refractivity contribution in [2.75, 3.05) is 35.8 Å². The molecular formula is C18H28BrN5O7S2. The summed E-state index contributed by atoms with van der Waals surface area (Å²) in [5, 5.41) is 4.02. The number of nitrogens with zero attached hydrogens (tertiary/aromatic N) is 2. The van der Waals surface area contributed by atoms with E-state index in [-0.39, 0.29) is 17.9 Å². The van der Waals surface area contributed by atoms with Gasteiger partial charge in [0.05, 0.1) is 33.7 Å². The van der Waals surface area contributed by atoms with Crippen LogP contribution in [-0.4, -0.2) is 73.5 Å². The number of fused-ring (bicyclic) bond motifs is 1. The smallest absolute Gasteiger partial charge is 0.261 e. The number of carbonyl (C=O) groups is 1. The number of halogens is 1. The van der Waals surface area contributed by atoms with Crippen LogP contribution in [0.3, 0.4) is 0 Å². The van der Waals surface area contributed by atoms with Crippen molar-refractivity contribution in [3.05, 3.63) is 16.9 Å². The maximum absolute atomic E-state index is 12.2. The van der Waals surface area contributed by atoms with Gasteiger partial charge in [-0.3, -0.25) is 13.9 Å². The molecule has 3 heterocycles. The number of anilines is 2. The highest BCUT2D eigenvalue weighted by Gasteiger charge is 2.31. The fourth-order valence-electron chi connectivity index (χ4n) is 3.26. The predicted octanol–water partition coefficient (Wildman–Crippen LogP) is 1.61. The van der Waals surface area contributed by atoms with E-state index in [4.69, 9.17) is 14.8 Å². The Morgan fingerprint density at radius 1 is 1.21 bits per heavy atom. The van der Waals surface area contributed by atoms with Crippen LogP contribution in [0, 0.1) is 5.92 Å². The standard InChI is InChI=1S/C16H20BrN5O.2CH4O3S/c17-11-6-19-15-13(14(11)22-5-1-2-10(18)8-22)12(7-20-15)21-16(23)9-3-4-9;2*1-5(2,3)4/h6-7,9-10H,1-5,8,18H2,(H,19,20)(H,21,23);2*1H3,(H,2,3,4)/t10-;;/m1../s1. The number of rotatable bonds is 3. The van der Waals surface area contributed by atoms with Gasteiger partial charge in [0.15, 0.2) is 0 Å². The normalized spacial score (nSPS) is 18.6. The number of nitrogens with one attached hydrogen (secondary N) is 2. The van der Waals surface area contributed by atoms with Crippen LogP contribution >= 0.6 is 15.9 Å². The summed E-state index contributed by atoms with van der Waals surface area (Å²) in [4.78, 5) is 22.0. The molecule has 2 aromatic rings. The van der Waals surface area contributed by atoms with Crippen LogP contribution in [0.25, 0.3) is 11.0 Å². The number of nitrogens with two attached hydrogens (primary N) is 1. The molecular weight excluding hydrogens is 542 g/mol. The van der Waals surface area contributed by atoms with Gasteiger partial charge in [0, 0.05) is 37.4 Å². The van der Waals surface area contributed by atoms with Crippen molar-refractivity contribution in [3.63, 3.8) is 0 Å². The summed E-state index contributed by atoms with van der Waals surface area (Å²) in [6.45, 7) is 1.78. The Morgan fingerprint density at radius 2 is 1.79 bits per heavy atom. The summed E-state index contributed by atoms with van der Waals surface area (Å²) in [5.41, 5.74) is 8.81. The number of amides is 1. The quantitative estimate of drug-likeness (QED) is 0.338. The van der Waals surface area contributed by atoms with Crippen molar-refractivity contribution >= 4 is 64.5 Å². The van der Waals surface area contributed by atoms with Crippen LogP contribution in [0.4, 0.5) is 11.4 Å². The number of hydrogen-bond donors (Lipinski definition) is 5. The topological polar surface area (TPSA) is 196 Å². The molecule has 0 unspecified atom stereocenters. The highest BCUT2D eigenvalue weighted by molar-refractivity contribution is 9.10. The number of aromatic nitrogens is 2. The summed E-state index contributed by atoms with van der Waals surface area (Å²) in [5.74, 6) is 0.277. The molecule has 0 aromatic carbocycles. The lowest BCUT2D eigenvalue weighted by molar-refractivity contribution is -0.117. The summed E-state index contributed by atoms with van der Waals surface area (Å²) in [7, 11) is -7.33. The van der Waals surface area contributed by atoms with Crippen LogP contribution in [0.1, 0.15) is 25.7 Å². The first-order chi connectivity index (χ1) is 15.1. The van der Waals surface area contributed by atoms with E-state index in [0.29, 0.717) is 12.5 Å². The van der Waals surface area contributed by atoms with Crippen molar-refractivity contribution in [3.8, 4) is 0 Å². The van der Waals surface area contributed by atoms with Crippen LogP contribution in [0.2, 0.25) is 0 Å². The van der Waals surface area contributed by atoms with Gasteiger partial charge in [0.25, 0.3) is 20.2 Å². The first-order valence-corrected chi connectivity index (χ1v) is 14.4. The van der Waals surface area contributed by atoms with Crippen LogP contribution in [-0.2, 0) is 25.0 Å². The average Bonchev–Trinajstić information content (AvgIpc) is 3.42. The second-order valence-corrected chi connectivity index (χ2v) is 11.7. The number of hydrogen-bond acceptors (Lipinski definition) is 8. The molecule has 186 valence electrons. The van der Waals surface area contributed by atoms with Crippen molar-refractivity contribution in [2.24, 2.45) is 11.7 Å². The highest BCUT2D eigenvalue weighted by Crippen LogP contribution is 2.39. The number of aromatic amines is 1. The number of H-pyrrole nitrogens is 1. The summed E-state index contributed by atoms with van der Waals surface area (Å²) in [6.07, 6.45) is 9.18. The largest absolute Gasteiger partial charge is 0.368 e. The fraction of sp³-hybridized carbons (Fsp3) is 0.556. The minimum Gasteiger partial charge on any atom is -0.368 e. The summed E-state index contributed by atoms with van der Waals surface area (Å²) in [6, 6.07) is 0.183. The van der Waals surface area contributed by atoms with E-state index < -0.39 is 20.2 Å². The molecule has 1 aliphatic carbocycles. The molecule has 0 radical (unpaired) electrons. The van der Waals surface area contributed by atoms with Gasteiger partial charge >= 0.3 is 0 Å². The Bertz CT molecular complexity index is 1150. The van der Waals surface area contributed by atoms with E-state index in [1.54, 1.807) is 6.20 Å². The average molecular weight is 570 g/mol. The SMILES string of the molecule is CS(=O)(=O)O.CS(=O)(=O)O.N[C@@H]1CCCN(c2c(Br)cnc3[nH]cc(NC(=O)C4CC4)c23)C1. The van der Waals surface area contributed by atoms with Crippen molar-refractivity contribution in [2.45, 2.75) is 31.7 Å². The van der Waals surface area contributed by atoms with Crippen molar-refractivity contribution in [1.82, 2.24) is 9.97 Å². The number of carbonyl (C=O) groups excluding carboxylic acids is 1. The first kappa shape index (κ1) is 27.5. The van der Waals surface area contributed by atoms with E-state index in [9.17, 15) is 21.6 Å². The number of piperidine rings is 1. The third-order valence-electron chi connectivity index (χ3n) is 4.61. The van der Waals surface area contributed by atoms with Crippen LogP contribution in [0.5, 0.6) is 0 Å². The Morgan fingerprint density at radius 3 is 2.30 bits per heavy atom. The molecule has 1 atom stereocenters. The summed E-state index contributed by atoms with van der Waals surface area (Å²) >= 11 is 3.63. The fourth-order valence-corrected chi connectivity index (χ4v) is 3.81. The van der Waals surface area contributed by atoms with Crippen molar-refractivity contribution < 1.29 is 30.7 Å². The van der Waals surface area contributed by atoms with Gasteiger partial charge in [-0.15, -0.1) is 0 Å². The minimum absolute atomic E-state index is 0.104. The van der Waals surface area contributed by atoms with Gasteiger partial charge in [0.2, 0.25) is 5.91 Å². The highest BCUT2D eigenvalue weighted by atomic mass is 79.9. The predicted molar refractivity (Wildman–Crippen MR) is 130 cm³/mol. The number of pyridine rings is 1. The Hall–Kier alpha value is -1.78. The first-order valence-electron chi connectivity index (χ1n) is 9.95. The zero-order valence-electron chi connectivity index (χ0n) is 18.2. The van der Waals surface area contributed by atoms with E-state index in [1.807, 2.05) is 6.20 Å². The Kier molecular flexibility index (Phi) is 9.24. The Balaban J connectivity index is 0.000000327. The van der Waals surface area contributed by atoms with Crippen LogP contribution < -0.4 is 16.0 Å². The molecule has 1 amide bonds. The van der Waals surface area contributed by atoms with Gasteiger partial charge in [-0.25, -0.2) is 4.98 Å². The third-order valence-corrected chi connectivity index (χ3v) is 5.19. The van der Waals surface area contributed by atoms with E-state index >= 15 is 0 Å². The van der Waals surface area contributed by atoms with E-state index in [2.05, 4.69) is 36.1 Å². The lowest BCUT2D eigenvalue weighted by atomic mass is 10.1. The maximum atomic E-state index is 12.2. The van der Waals surface area contributed by atoms with E-state index in [1.165, 1.54) is 0 Å². The molecule has 6 N–H and O–H groups in total. The van der Waals surface area contributed by atoms with Gasteiger partial charge in [-0.05, 0) is 41.6 Å². The maximum Gasteiger partial charge on any atom is 0.261 e. The second-order valence-electron chi connectivity index (χ2n) is 7.96. The molecule has 2 aromatic heterocycles. The second kappa shape index (κ2) is 11.1. The molecule has 15 heteroatoms. The molecule has 12 nitrogen and oxygen atoms in total. The molecule has 4 rings (SSSR count). The van der Waals surface area contributed by atoms with Crippen LogP contribution in [0.15, 0.2) is 16.9 Å². The monoisotopic (exact) mass is 569 g/mol. The van der Waals surface area contributed by atoms with Gasteiger partial charge in [0.1, 0.15) is 5.65 Å². The van der Waals surface area contributed by atoms with Gasteiger partial charge in [-0.1, -0.05) is 0 Å². The zero-order chi connectivity index (χ0) is 25.0. The molecule has 2 fully saturated rings. The zero-order valence-corrected chi connectivity index (χ0v) is 21.4. The third kappa shape index (κ3) is 9.93. The molecule has 33 heavy (non-hydrogen) atoms. The molecule has 1 aliphatic heterocycles. The Labute approximate surface area is 200 Å². The summed E-state index contributed by atoms with van der Waals surface area (Å²) < 4.78 is 52.7.